The SMILES string of the molecule is O=C(Nc1ccc(CN2CCOC2=O)cc1)C1Cc2ccccc2O1. The summed E-state index contributed by atoms with van der Waals surface area (Å²) < 4.78 is 10.6. The van der Waals surface area contributed by atoms with E-state index in [0.717, 1.165) is 16.9 Å². The zero-order valence-electron chi connectivity index (χ0n) is 13.6. The van der Waals surface area contributed by atoms with Gasteiger partial charge in [0, 0.05) is 18.7 Å². The summed E-state index contributed by atoms with van der Waals surface area (Å²) in [7, 11) is 0. The first-order valence-corrected chi connectivity index (χ1v) is 8.25. The number of hydrogen-bond acceptors (Lipinski definition) is 4. The fraction of sp³-hybridized carbons (Fsp3) is 0.263. The third-order valence-corrected chi connectivity index (χ3v) is 4.38. The molecule has 2 heterocycles. The van der Waals surface area contributed by atoms with Gasteiger partial charge in [-0.05, 0) is 29.3 Å². The fourth-order valence-electron chi connectivity index (χ4n) is 3.03. The van der Waals surface area contributed by atoms with Crippen molar-refractivity contribution >= 4 is 17.7 Å². The van der Waals surface area contributed by atoms with Crippen LogP contribution in [0.1, 0.15) is 11.1 Å². The summed E-state index contributed by atoms with van der Waals surface area (Å²) in [6.07, 6.45) is -0.205. The molecule has 25 heavy (non-hydrogen) atoms. The standard InChI is InChI=1S/C19H18N2O4/c22-18(17-11-14-3-1-2-4-16(14)25-17)20-15-7-5-13(6-8-15)12-21-9-10-24-19(21)23/h1-8,17H,9-12H2,(H,20,22). The van der Waals surface area contributed by atoms with Gasteiger partial charge in [-0.1, -0.05) is 30.3 Å². The third kappa shape index (κ3) is 3.28. The lowest BCUT2D eigenvalue weighted by Crippen LogP contribution is -2.31. The van der Waals surface area contributed by atoms with Gasteiger partial charge in [-0.15, -0.1) is 0 Å². The van der Waals surface area contributed by atoms with E-state index in [1.165, 1.54) is 0 Å². The Labute approximate surface area is 145 Å². The number of ether oxygens (including phenoxy) is 2. The number of rotatable bonds is 4. The molecule has 6 nitrogen and oxygen atoms in total. The molecule has 2 aromatic rings. The topological polar surface area (TPSA) is 67.9 Å². The van der Waals surface area contributed by atoms with Crippen molar-refractivity contribution in [3.05, 3.63) is 59.7 Å². The molecule has 1 unspecified atom stereocenters. The first kappa shape index (κ1) is 15.5. The van der Waals surface area contributed by atoms with Crippen LogP contribution in [-0.2, 0) is 22.5 Å². The van der Waals surface area contributed by atoms with Gasteiger partial charge in [-0.3, -0.25) is 4.79 Å². The highest BCUT2D eigenvalue weighted by Gasteiger charge is 2.28. The van der Waals surface area contributed by atoms with Gasteiger partial charge in [0.15, 0.2) is 6.10 Å². The van der Waals surface area contributed by atoms with Crippen molar-refractivity contribution < 1.29 is 19.1 Å². The van der Waals surface area contributed by atoms with Crippen molar-refractivity contribution in [1.29, 1.82) is 0 Å². The van der Waals surface area contributed by atoms with Crippen molar-refractivity contribution in [1.82, 2.24) is 4.90 Å². The fourth-order valence-corrected chi connectivity index (χ4v) is 3.03. The lowest BCUT2D eigenvalue weighted by atomic mass is 10.1. The van der Waals surface area contributed by atoms with Gasteiger partial charge in [0.05, 0.1) is 6.54 Å². The Kier molecular flexibility index (Phi) is 4.01. The number of amides is 2. The van der Waals surface area contributed by atoms with Crippen molar-refractivity contribution in [2.24, 2.45) is 0 Å². The Morgan fingerprint density at radius 2 is 1.96 bits per heavy atom. The molecule has 6 heteroatoms. The molecule has 128 valence electrons. The van der Waals surface area contributed by atoms with Crippen LogP contribution in [0.25, 0.3) is 0 Å². The molecule has 0 aromatic heterocycles. The smallest absolute Gasteiger partial charge is 0.410 e. The molecular weight excluding hydrogens is 320 g/mol. The van der Waals surface area contributed by atoms with E-state index in [-0.39, 0.29) is 12.0 Å². The van der Waals surface area contributed by atoms with E-state index >= 15 is 0 Å². The van der Waals surface area contributed by atoms with E-state index < -0.39 is 6.10 Å². The largest absolute Gasteiger partial charge is 0.480 e. The van der Waals surface area contributed by atoms with E-state index in [2.05, 4.69) is 5.32 Å². The van der Waals surface area contributed by atoms with Crippen molar-refractivity contribution in [3.63, 3.8) is 0 Å². The molecule has 1 atom stereocenters. The van der Waals surface area contributed by atoms with E-state index in [9.17, 15) is 9.59 Å². The second kappa shape index (κ2) is 6.47. The van der Waals surface area contributed by atoms with Crippen molar-refractivity contribution in [2.45, 2.75) is 19.1 Å². The highest BCUT2D eigenvalue weighted by atomic mass is 16.6. The first-order chi connectivity index (χ1) is 12.2. The Bertz CT molecular complexity index is 778. The monoisotopic (exact) mass is 338 g/mol. The molecule has 1 fully saturated rings. The zero-order chi connectivity index (χ0) is 17.2. The number of hydrogen-bond donors (Lipinski definition) is 1. The van der Waals surface area contributed by atoms with Gasteiger partial charge < -0.3 is 19.7 Å². The maximum absolute atomic E-state index is 12.4. The molecule has 0 radical (unpaired) electrons. The molecule has 0 aliphatic carbocycles. The highest BCUT2D eigenvalue weighted by molar-refractivity contribution is 5.95. The molecule has 0 spiro atoms. The van der Waals surface area contributed by atoms with Gasteiger partial charge in [0.25, 0.3) is 5.91 Å². The number of carbonyl (C=O) groups is 2. The van der Waals surface area contributed by atoms with Gasteiger partial charge >= 0.3 is 6.09 Å². The number of anilines is 1. The highest BCUT2D eigenvalue weighted by Crippen LogP contribution is 2.28. The minimum Gasteiger partial charge on any atom is -0.480 e. The maximum Gasteiger partial charge on any atom is 0.410 e. The molecule has 2 aliphatic heterocycles. The summed E-state index contributed by atoms with van der Waals surface area (Å²) in [5.41, 5.74) is 2.74. The Morgan fingerprint density at radius 1 is 1.16 bits per heavy atom. The maximum atomic E-state index is 12.4. The number of carbonyl (C=O) groups excluding carboxylic acids is 2. The Morgan fingerprint density at radius 3 is 2.68 bits per heavy atom. The van der Waals surface area contributed by atoms with Crippen LogP contribution < -0.4 is 10.1 Å². The molecule has 2 aromatic carbocycles. The molecule has 1 N–H and O–H groups in total. The van der Waals surface area contributed by atoms with Crippen LogP contribution in [0.15, 0.2) is 48.5 Å². The van der Waals surface area contributed by atoms with Gasteiger partial charge in [0.1, 0.15) is 12.4 Å². The zero-order valence-corrected chi connectivity index (χ0v) is 13.6. The average Bonchev–Trinajstić information content (AvgIpc) is 3.23. The molecule has 1 saturated heterocycles. The summed E-state index contributed by atoms with van der Waals surface area (Å²) >= 11 is 0. The second-order valence-electron chi connectivity index (χ2n) is 6.14. The van der Waals surface area contributed by atoms with Gasteiger partial charge in [-0.25, -0.2) is 4.79 Å². The first-order valence-electron chi connectivity index (χ1n) is 8.25. The normalized spacial score (nSPS) is 18.5. The lowest BCUT2D eigenvalue weighted by molar-refractivity contribution is -0.122. The van der Waals surface area contributed by atoms with Crippen LogP contribution in [0.2, 0.25) is 0 Å². The number of para-hydroxylation sites is 1. The number of nitrogens with one attached hydrogen (secondary N) is 1. The molecular formula is C19H18N2O4. The predicted octanol–water partition coefficient (Wildman–Crippen LogP) is 2.58. The quantitative estimate of drug-likeness (QED) is 0.930. The van der Waals surface area contributed by atoms with Crippen LogP contribution in [0, 0.1) is 0 Å². The third-order valence-electron chi connectivity index (χ3n) is 4.38. The van der Waals surface area contributed by atoms with Crippen LogP contribution in [-0.4, -0.2) is 36.2 Å². The molecule has 0 bridgehead atoms. The average molecular weight is 338 g/mol. The Hall–Kier alpha value is -3.02. The van der Waals surface area contributed by atoms with Crippen LogP contribution in [0.4, 0.5) is 10.5 Å². The van der Waals surface area contributed by atoms with Crippen LogP contribution in [0.3, 0.4) is 0 Å². The van der Waals surface area contributed by atoms with Gasteiger partial charge in [0.2, 0.25) is 0 Å². The minimum atomic E-state index is -0.503. The molecule has 4 rings (SSSR count). The summed E-state index contributed by atoms with van der Waals surface area (Å²) in [6.45, 7) is 1.56. The number of fused-ring (bicyclic) bond motifs is 1. The van der Waals surface area contributed by atoms with E-state index in [4.69, 9.17) is 9.47 Å². The van der Waals surface area contributed by atoms with Gasteiger partial charge in [-0.2, -0.15) is 0 Å². The van der Waals surface area contributed by atoms with Crippen molar-refractivity contribution in [3.8, 4) is 5.75 Å². The molecule has 2 aliphatic rings. The summed E-state index contributed by atoms with van der Waals surface area (Å²) in [4.78, 5) is 25.5. The summed E-state index contributed by atoms with van der Waals surface area (Å²) in [5.74, 6) is 0.613. The van der Waals surface area contributed by atoms with E-state index in [1.54, 1.807) is 4.90 Å². The minimum absolute atomic E-state index is 0.160. The number of cyclic esters (lactones) is 1. The second-order valence-corrected chi connectivity index (χ2v) is 6.14. The van der Waals surface area contributed by atoms with Crippen molar-refractivity contribution in [2.75, 3.05) is 18.5 Å². The number of nitrogens with zero attached hydrogens (tertiary/aromatic N) is 1. The van der Waals surface area contributed by atoms with Crippen LogP contribution >= 0.6 is 0 Å². The summed E-state index contributed by atoms with van der Waals surface area (Å²) in [6, 6.07) is 15.1. The Balaban J connectivity index is 1.35. The lowest BCUT2D eigenvalue weighted by Gasteiger charge is -2.14. The predicted molar refractivity (Wildman–Crippen MR) is 91.4 cm³/mol. The molecule has 0 saturated carbocycles. The van der Waals surface area contributed by atoms with Crippen LogP contribution in [0.5, 0.6) is 5.75 Å². The van der Waals surface area contributed by atoms with E-state index in [1.807, 2.05) is 48.5 Å². The molecule has 2 amide bonds. The number of benzene rings is 2. The summed E-state index contributed by atoms with van der Waals surface area (Å²) in [5, 5.41) is 2.88. The van der Waals surface area contributed by atoms with E-state index in [0.29, 0.717) is 31.8 Å².